The van der Waals surface area contributed by atoms with Gasteiger partial charge in [-0.2, -0.15) is 0 Å². The van der Waals surface area contributed by atoms with Gasteiger partial charge in [-0.05, 0) is 37.0 Å². The van der Waals surface area contributed by atoms with Crippen LogP contribution in [0.25, 0.3) is 0 Å². The van der Waals surface area contributed by atoms with Crippen molar-refractivity contribution in [2.45, 2.75) is 12.8 Å². The second kappa shape index (κ2) is 6.00. The molecule has 0 amide bonds. The third kappa shape index (κ3) is 3.32. The van der Waals surface area contributed by atoms with E-state index in [0.29, 0.717) is 4.99 Å². The fraction of sp³-hybridized carbons (Fsp3) is 0.533. The number of rotatable bonds is 4. The van der Waals surface area contributed by atoms with E-state index in [1.54, 1.807) is 0 Å². The lowest BCUT2D eigenvalue weighted by atomic mass is 10.1. The molecule has 0 aromatic heterocycles. The number of benzene rings is 1. The molecule has 2 aliphatic rings. The summed E-state index contributed by atoms with van der Waals surface area (Å²) in [6, 6.07) is 6.21. The number of piperazine rings is 1. The summed E-state index contributed by atoms with van der Waals surface area (Å²) in [4.78, 5) is 5.47. The van der Waals surface area contributed by atoms with Crippen LogP contribution in [0.1, 0.15) is 18.4 Å². The molecule has 1 aliphatic carbocycles. The summed E-state index contributed by atoms with van der Waals surface area (Å²) < 4.78 is 1.02. The molecule has 1 aromatic rings. The molecule has 0 bridgehead atoms. The van der Waals surface area contributed by atoms with Crippen molar-refractivity contribution in [3.8, 4) is 0 Å². The zero-order valence-corrected chi connectivity index (χ0v) is 13.9. The van der Waals surface area contributed by atoms with E-state index in [-0.39, 0.29) is 0 Å². The highest BCUT2D eigenvalue weighted by molar-refractivity contribution is 9.10. The minimum Gasteiger partial charge on any atom is -0.389 e. The molecule has 3 rings (SSSR count). The summed E-state index contributed by atoms with van der Waals surface area (Å²) in [6.45, 7) is 5.69. The summed E-state index contributed by atoms with van der Waals surface area (Å²) in [7, 11) is 0. The smallest absolute Gasteiger partial charge is 0.106 e. The van der Waals surface area contributed by atoms with Gasteiger partial charge in [0, 0.05) is 48.4 Å². The Bertz CT molecular complexity index is 508. The Labute approximate surface area is 134 Å². The van der Waals surface area contributed by atoms with Crippen LogP contribution in [0, 0.1) is 5.92 Å². The van der Waals surface area contributed by atoms with Crippen molar-refractivity contribution in [1.29, 1.82) is 0 Å². The molecule has 1 aliphatic heterocycles. The first-order valence-corrected chi connectivity index (χ1v) is 8.40. The molecule has 1 heterocycles. The van der Waals surface area contributed by atoms with Crippen molar-refractivity contribution in [1.82, 2.24) is 4.90 Å². The van der Waals surface area contributed by atoms with Crippen LogP contribution in [0.4, 0.5) is 5.69 Å². The van der Waals surface area contributed by atoms with Gasteiger partial charge in [0.1, 0.15) is 4.99 Å². The van der Waals surface area contributed by atoms with E-state index in [2.05, 4.69) is 37.9 Å². The van der Waals surface area contributed by atoms with E-state index < -0.39 is 0 Å². The largest absolute Gasteiger partial charge is 0.389 e. The van der Waals surface area contributed by atoms with Gasteiger partial charge in [0.25, 0.3) is 0 Å². The summed E-state index contributed by atoms with van der Waals surface area (Å²) in [5, 5.41) is 0. The van der Waals surface area contributed by atoms with E-state index in [0.717, 1.165) is 42.1 Å². The van der Waals surface area contributed by atoms with Gasteiger partial charge in [-0.1, -0.05) is 28.1 Å². The minimum absolute atomic E-state index is 0.474. The van der Waals surface area contributed by atoms with Crippen molar-refractivity contribution in [2.75, 3.05) is 37.6 Å². The van der Waals surface area contributed by atoms with Crippen molar-refractivity contribution >= 4 is 38.8 Å². The SMILES string of the molecule is NC(=S)c1cc(Br)ccc1N1CCN(CC2CC2)CC1. The molecule has 0 spiro atoms. The number of halogens is 1. The van der Waals surface area contributed by atoms with Crippen LogP contribution in [0.3, 0.4) is 0 Å². The van der Waals surface area contributed by atoms with E-state index in [4.69, 9.17) is 18.0 Å². The van der Waals surface area contributed by atoms with Gasteiger partial charge in [0.2, 0.25) is 0 Å². The summed E-state index contributed by atoms with van der Waals surface area (Å²) >= 11 is 8.68. The van der Waals surface area contributed by atoms with Crippen LogP contribution < -0.4 is 10.6 Å². The fourth-order valence-corrected chi connectivity index (χ4v) is 3.34. The normalized spacial score (nSPS) is 20.1. The van der Waals surface area contributed by atoms with Crippen LogP contribution >= 0.6 is 28.1 Å². The summed E-state index contributed by atoms with van der Waals surface area (Å²) in [5.74, 6) is 0.974. The predicted octanol–water partition coefficient (Wildman–Crippen LogP) is 2.62. The maximum absolute atomic E-state index is 5.87. The first-order valence-electron chi connectivity index (χ1n) is 7.20. The van der Waals surface area contributed by atoms with Crippen LogP contribution in [-0.4, -0.2) is 42.6 Å². The van der Waals surface area contributed by atoms with E-state index in [9.17, 15) is 0 Å². The second-order valence-corrected chi connectivity index (χ2v) is 7.11. The lowest BCUT2D eigenvalue weighted by Crippen LogP contribution is -2.47. The molecule has 3 nitrogen and oxygen atoms in total. The molecule has 108 valence electrons. The van der Waals surface area contributed by atoms with Crippen LogP contribution in [0.2, 0.25) is 0 Å². The number of nitrogens with two attached hydrogens (primary N) is 1. The molecule has 1 aromatic carbocycles. The van der Waals surface area contributed by atoms with Crippen molar-refractivity contribution < 1.29 is 0 Å². The number of anilines is 1. The molecular weight excluding hydrogens is 334 g/mol. The Morgan fingerprint density at radius 1 is 1.25 bits per heavy atom. The minimum atomic E-state index is 0.474. The Morgan fingerprint density at radius 3 is 2.55 bits per heavy atom. The molecule has 1 saturated carbocycles. The number of nitrogens with zero attached hydrogens (tertiary/aromatic N) is 2. The first kappa shape index (κ1) is 14.3. The standard InChI is InChI=1S/C15H20BrN3S/c16-12-3-4-14(13(9-12)15(17)20)19-7-5-18(6-8-19)10-11-1-2-11/h3-4,9,11H,1-2,5-8,10H2,(H2,17,20). The maximum Gasteiger partial charge on any atom is 0.106 e. The van der Waals surface area contributed by atoms with Gasteiger partial charge in [-0.3, -0.25) is 4.90 Å². The average Bonchev–Trinajstić information content (AvgIpc) is 3.24. The van der Waals surface area contributed by atoms with Crippen molar-refractivity contribution in [3.63, 3.8) is 0 Å². The maximum atomic E-state index is 5.87. The average molecular weight is 354 g/mol. The molecular formula is C15H20BrN3S. The van der Waals surface area contributed by atoms with Crippen molar-refractivity contribution in [2.24, 2.45) is 11.7 Å². The lowest BCUT2D eigenvalue weighted by molar-refractivity contribution is 0.248. The van der Waals surface area contributed by atoms with Gasteiger partial charge >= 0.3 is 0 Å². The molecule has 0 radical (unpaired) electrons. The Hall–Kier alpha value is -0.650. The van der Waals surface area contributed by atoms with Gasteiger partial charge in [0.15, 0.2) is 0 Å². The predicted molar refractivity (Wildman–Crippen MR) is 91.4 cm³/mol. The zero-order valence-electron chi connectivity index (χ0n) is 11.5. The Morgan fingerprint density at radius 2 is 1.95 bits per heavy atom. The van der Waals surface area contributed by atoms with Gasteiger partial charge in [0.05, 0.1) is 0 Å². The monoisotopic (exact) mass is 353 g/mol. The van der Waals surface area contributed by atoms with Crippen LogP contribution in [0.5, 0.6) is 0 Å². The Kier molecular flexibility index (Phi) is 4.29. The van der Waals surface area contributed by atoms with Gasteiger partial charge < -0.3 is 10.6 Å². The Balaban J connectivity index is 1.69. The number of hydrogen-bond acceptors (Lipinski definition) is 3. The molecule has 2 N–H and O–H groups in total. The topological polar surface area (TPSA) is 32.5 Å². The molecule has 20 heavy (non-hydrogen) atoms. The molecule has 0 atom stereocenters. The first-order chi connectivity index (χ1) is 9.63. The fourth-order valence-electron chi connectivity index (χ4n) is 2.82. The molecule has 0 unspecified atom stereocenters. The molecule has 5 heteroatoms. The third-order valence-electron chi connectivity index (χ3n) is 4.15. The summed E-state index contributed by atoms with van der Waals surface area (Å²) in [5.41, 5.74) is 8.01. The second-order valence-electron chi connectivity index (χ2n) is 5.76. The molecule has 2 fully saturated rings. The number of thiocarbonyl (C=S) groups is 1. The number of hydrogen-bond donors (Lipinski definition) is 1. The van der Waals surface area contributed by atoms with Crippen molar-refractivity contribution in [3.05, 3.63) is 28.2 Å². The zero-order chi connectivity index (χ0) is 14.1. The van der Waals surface area contributed by atoms with Crippen LogP contribution in [-0.2, 0) is 0 Å². The van der Waals surface area contributed by atoms with E-state index in [1.807, 2.05) is 6.07 Å². The van der Waals surface area contributed by atoms with Gasteiger partial charge in [-0.15, -0.1) is 0 Å². The van der Waals surface area contributed by atoms with E-state index >= 15 is 0 Å². The highest BCUT2D eigenvalue weighted by atomic mass is 79.9. The highest BCUT2D eigenvalue weighted by Crippen LogP contribution is 2.31. The van der Waals surface area contributed by atoms with Gasteiger partial charge in [-0.25, -0.2) is 0 Å². The highest BCUT2D eigenvalue weighted by Gasteiger charge is 2.27. The lowest BCUT2D eigenvalue weighted by Gasteiger charge is -2.37. The third-order valence-corrected chi connectivity index (χ3v) is 4.86. The summed E-state index contributed by atoms with van der Waals surface area (Å²) in [6.07, 6.45) is 2.86. The van der Waals surface area contributed by atoms with E-state index in [1.165, 1.54) is 25.1 Å². The quantitative estimate of drug-likeness (QED) is 0.843. The molecule has 1 saturated heterocycles. The van der Waals surface area contributed by atoms with Crippen LogP contribution in [0.15, 0.2) is 22.7 Å².